The number of hydrogen-bond acceptors (Lipinski definition) is 3. The number of sulfonamides is 1. The molecule has 0 aliphatic heterocycles. The second-order valence-electron chi connectivity index (χ2n) is 4.77. The highest BCUT2D eigenvalue weighted by Crippen LogP contribution is 2.21. The van der Waals surface area contributed by atoms with E-state index in [4.69, 9.17) is 11.6 Å². The van der Waals surface area contributed by atoms with Crippen LogP contribution in [-0.2, 0) is 14.8 Å². The van der Waals surface area contributed by atoms with E-state index in [0.29, 0.717) is 0 Å². The number of likely N-dealkylation sites (N-methyl/N-ethyl adjacent to an activating group) is 2. The second-order valence-corrected chi connectivity index (χ2v) is 7.43. The largest absolute Gasteiger partial charge is 0.342 e. The van der Waals surface area contributed by atoms with E-state index in [2.05, 4.69) is 0 Å². The molecule has 1 saturated carbocycles. The maximum Gasteiger partial charge on any atom is 0.237 e. The topological polar surface area (TPSA) is 57.7 Å². The minimum Gasteiger partial charge on any atom is -0.342 e. The number of nitrogens with zero attached hydrogens (tertiary/aromatic N) is 2. The minimum atomic E-state index is -3.51. The van der Waals surface area contributed by atoms with E-state index >= 15 is 0 Å². The van der Waals surface area contributed by atoms with Crippen LogP contribution in [0.5, 0.6) is 0 Å². The predicted molar refractivity (Wildman–Crippen MR) is 71.9 cm³/mol. The monoisotopic (exact) mass is 296 g/mol. The van der Waals surface area contributed by atoms with E-state index < -0.39 is 15.2 Å². The van der Waals surface area contributed by atoms with Crippen molar-refractivity contribution in [1.82, 2.24) is 9.21 Å². The molecular formula is C11H21ClN2O3S. The van der Waals surface area contributed by atoms with Gasteiger partial charge in [-0.15, -0.1) is 11.6 Å². The summed E-state index contributed by atoms with van der Waals surface area (Å²) in [6.45, 7) is -0.137. The molecule has 0 aromatic carbocycles. The fourth-order valence-corrected chi connectivity index (χ4v) is 3.13. The van der Waals surface area contributed by atoms with Crippen LogP contribution < -0.4 is 0 Å². The molecule has 0 saturated heterocycles. The van der Waals surface area contributed by atoms with Crippen LogP contribution in [0.1, 0.15) is 32.1 Å². The second kappa shape index (κ2) is 6.73. The molecule has 0 aromatic heterocycles. The molecule has 1 aliphatic carbocycles. The number of carbonyl (C=O) groups is 1. The normalized spacial score (nSPS) is 18.0. The first-order chi connectivity index (χ1) is 8.38. The fourth-order valence-electron chi connectivity index (χ4n) is 2.16. The molecule has 0 radical (unpaired) electrons. The van der Waals surface area contributed by atoms with Crippen LogP contribution in [0.3, 0.4) is 0 Å². The van der Waals surface area contributed by atoms with Gasteiger partial charge in [0.2, 0.25) is 15.9 Å². The zero-order valence-corrected chi connectivity index (χ0v) is 12.5. The zero-order valence-electron chi connectivity index (χ0n) is 10.9. The van der Waals surface area contributed by atoms with Crippen LogP contribution in [0.4, 0.5) is 0 Å². The number of hydrogen-bond donors (Lipinski definition) is 0. The van der Waals surface area contributed by atoms with Gasteiger partial charge in [-0.1, -0.05) is 19.3 Å². The maximum absolute atomic E-state index is 12.0. The van der Waals surface area contributed by atoms with Gasteiger partial charge in [-0.3, -0.25) is 4.79 Å². The van der Waals surface area contributed by atoms with Gasteiger partial charge in [0.05, 0.1) is 6.54 Å². The van der Waals surface area contributed by atoms with Crippen molar-refractivity contribution in [2.45, 2.75) is 38.1 Å². The third-order valence-electron chi connectivity index (χ3n) is 3.49. The Kier molecular flexibility index (Phi) is 5.88. The van der Waals surface area contributed by atoms with Gasteiger partial charge in [-0.2, -0.15) is 4.31 Å². The molecule has 0 heterocycles. The minimum absolute atomic E-state index is 0.137. The summed E-state index contributed by atoms with van der Waals surface area (Å²) >= 11 is 5.35. The summed E-state index contributed by atoms with van der Waals surface area (Å²) in [4.78, 5) is 13.7. The Hall–Kier alpha value is -0.330. The molecule has 0 atom stereocenters. The van der Waals surface area contributed by atoms with Crippen LogP contribution in [0.25, 0.3) is 0 Å². The first-order valence-corrected chi connectivity index (χ1v) is 8.28. The molecule has 18 heavy (non-hydrogen) atoms. The fraction of sp³-hybridized carbons (Fsp3) is 0.909. The lowest BCUT2D eigenvalue weighted by atomic mass is 9.94. The number of carbonyl (C=O) groups excluding carboxylic acids is 1. The van der Waals surface area contributed by atoms with Crippen molar-refractivity contribution < 1.29 is 13.2 Å². The molecule has 1 aliphatic rings. The van der Waals surface area contributed by atoms with Crippen LogP contribution in [0.15, 0.2) is 0 Å². The van der Waals surface area contributed by atoms with Crippen LogP contribution in [0, 0.1) is 0 Å². The number of halogens is 1. The number of alkyl halides is 1. The Labute approximate surface area is 114 Å². The predicted octanol–water partition coefficient (Wildman–Crippen LogP) is 1.24. The molecule has 5 nitrogen and oxygen atoms in total. The summed E-state index contributed by atoms with van der Waals surface area (Å²) in [5, 5.41) is -0.496. The van der Waals surface area contributed by atoms with E-state index in [0.717, 1.165) is 30.0 Å². The van der Waals surface area contributed by atoms with Gasteiger partial charge >= 0.3 is 0 Å². The van der Waals surface area contributed by atoms with E-state index in [1.807, 2.05) is 0 Å². The highest BCUT2D eigenvalue weighted by atomic mass is 35.5. The third-order valence-corrected chi connectivity index (χ3v) is 5.67. The van der Waals surface area contributed by atoms with Crippen molar-refractivity contribution in [2.24, 2.45) is 0 Å². The first-order valence-electron chi connectivity index (χ1n) is 6.14. The van der Waals surface area contributed by atoms with Crippen LogP contribution >= 0.6 is 11.6 Å². The Morgan fingerprint density at radius 1 is 1.22 bits per heavy atom. The lowest BCUT2D eigenvalue weighted by Crippen LogP contribution is -2.44. The average molecular weight is 297 g/mol. The summed E-state index contributed by atoms with van der Waals surface area (Å²) in [6, 6.07) is 0.248. The lowest BCUT2D eigenvalue weighted by Gasteiger charge is -2.32. The van der Waals surface area contributed by atoms with Gasteiger partial charge < -0.3 is 4.90 Å². The number of amides is 1. The zero-order chi connectivity index (χ0) is 13.8. The molecule has 106 valence electrons. The molecule has 1 amide bonds. The van der Waals surface area contributed by atoms with Gasteiger partial charge in [0, 0.05) is 20.1 Å². The molecule has 1 rings (SSSR count). The smallest absolute Gasteiger partial charge is 0.237 e. The van der Waals surface area contributed by atoms with Crippen molar-refractivity contribution in [3.63, 3.8) is 0 Å². The Morgan fingerprint density at radius 2 is 1.78 bits per heavy atom. The lowest BCUT2D eigenvalue weighted by molar-refractivity contribution is -0.132. The van der Waals surface area contributed by atoms with Crippen LogP contribution in [0.2, 0.25) is 0 Å². The number of rotatable bonds is 5. The third kappa shape index (κ3) is 4.10. The molecular weight excluding hydrogens is 276 g/mol. The van der Waals surface area contributed by atoms with Crippen molar-refractivity contribution in [1.29, 1.82) is 0 Å². The van der Waals surface area contributed by atoms with Crippen molar-refractivity contribution >= 4 is 27.5 Å². The molecule has 0 N–H and O–H groups in total. The molecule has 7 heteroatoms. The first kappa shape index (κ1) is 15.7. The molecule has 0 aromatic rings. The maximum atomic E-state index is 12.0. The summed E-state index contributed by atoms with van der Waals surface area (Å²) in [6.07, 6.45) is 5.51. The van der Waals surface area contributed by atoms with Crippen molar-refractivity contribution in [3.05, 3.63) is 0 Å². The van der Waals surface area contributed by atoms with E-state index in [1.54, 1.807) is 11.9 Å². The summed E-state index contributed by atoms with van der Waals surface area (Å²) in [7, 11) is -0.377. The summed E-state index contributed by atoms with van der Waals surface area (Å²) in [5.74, 6) is -0.168. The summed E-state index contributed by atoms with van der Waals surface area (Å²) < 4.78 is 23.9. The van der Waals surface area contributed by atoms with Gasteiger partial charge in [0.25, 0.3) is 0 Å². The van der Waals surface area contributed by atoms with Crippen molar-refractivity contribution in [2.75, 3.05) is 25.9 Å². The molecule has 1 fully saturated rings. The molecule has 0 spiro atoms. The van der Waals surface area contributed by atoms with E-state index in [1.165, 1.54) is 13.5 Å². The standard InChI is InChI=1S/C11H21ClN2O3S/c1-13(18(16,17)9-12)8-11(15)14(2)10-6-4-3-5-7-10/h10H,3-9H2,1-2H3. The summed E-state index contributed by atoms with van der Waals surface area (Å²) in [5.41, 5.74) is 0. The highest BCUT2D eigenvalue weighted by molar-refractivity contribution is 7.90. The quantitative estimate of drug-likeness (QED) is 0.717. The molecule has 0 bridgehead atoms. The van der Waals surface area contributed by atoms with Gasteiger partial charge in [-0.25, -0.2) is 8.42 Å². The van der Waals surface area contributed by atoms with Gasteiger partial charge in [0.15, 0.2) is 0 Å². The Bertz CT molecular complexity index is 380. The van der Waals surface area contributed by atoms with E-state index in [9.17, 15) is 13.2 Å². The van der Waals surface area contributed by atoms with Gasteiger partial charge in [0.1, 0.15) is 5.21 Å². The molecule has 0 unspecified atom stereocenters. The highest BCUT2D eigenvalue weighted by Gasteiger charge is 2.25. The van der Waals surface area contributed by atoms with Crippen molar-refractivity contribution in [3.8, 4) is 0 Å². The van der Waals surface area contributed by atoms with Crippen LogP contribution in [-0.4, -0.2) is 55.4 Å². The average Bonchev–Trinajstić information content (AvgIpc) is 2.38. The Balaban J connectivity index is 2.54. The SMILES string of the molecule is CN(C(=O)CN(C)S(=O)(=O)CCl)C1CCCCC1. The van der Waals surface area contributed by atoms with E-state index in [-0.39, 0.29) is 18.5 Å². The van der Waals surface area contributed by atoms with Gasteiger partial charge in [-0.05, 0) is 12.8 Å². The Morgan fingerprint density at radius 3 is 2.28 bits per heavy atom.